The molecular formula is C18H17FN2O4. The van der Waals surface area contributed by atoms with Crippen LogP contribution >= 0.6 is 0 Å². The van der Waals surface area contributed by atoms with Crippen molar-refractivity contribution in [1.82, 2.24) is 5.32 Å². The maximum atomic E-state index is 13.2. The van der Waals surface area contributed by atoms with Gasteiger partial charge in [0.25, 0.3) is 5.91 Å². The smallest absolute Gasteiger partial charge is 0.326 e. The maximum absolute atomic E-state index is 13.2. The Labute approximate surface area is 143 Å². The first-order valence-corrected chi connectivity index (χ1v) is 7.51. The summed E-state index contributed by atoms with van der Waals surface area (Å²) in [5.74, 6) is -2.59. The van der Waals surface area contributed by atoms with Crippen molar-refractivity contribution in [3.63, 3.8) is 0 Å². The van der Waals surface area contributed by atoms with Crippen molar-refractivity contribution in [2.45, 2.75) is 19.4 Å². The van der Waals surface area contributed by atoms with Gasteiger partial charge < -0.3 is 15.7 Å². The molecule has 0 heterocycles. The molecular weight excluding hydrogens is 327 g/mol. The summed E-state index contributed by atoms with van der Waals surface area (Å²) in [4.78, 5) is 34.8. The lowest BCUT2D eigenvalue weighted by Gasteiger charge is -2.15. The summed E-state index contributed by atoms with van der Waals surface area (Å²) in [5, 5.41) is 14.3. The topological polar surface area (TPSA) is 95.5 Å². The number of carbonyl (C=O) groups is 3. The molecule has 2 amide bonds. The summed E-state index contributed by atoms with van der Waals surface area (Å²) in [6.45, 7) is 1.34. The molecule has 0 fully saturated rings. The molecule has 0 aliphatic rings. The van der Waals surface area contributed by atoms with Crippen molar-refractivity contribution < 1.29 is 23.9 Å². The first-order valence-electron chi connectivity index (χ1n) is 7.51. The second-order valence-electron chi connectivity index (χ2n) is 5.46. The van der Waals surface area contributed by atoms with Crippen LogP contribution in [-0.4, -0.2) is 28.9 Å². The van der Waals surface area contributed by atoms with Crippen molar-refractivity contribution >= 4 is 23.5 Å². The van der Waals surface area contributed by atoms with Crippen LogP contribution in [0.3, 0.4) is 0 Å². The molecule has 25 heavy (non-hydrogen) atoms. The Balaban J connectivity index is 2.12. The van der Waals surface area contributed by atoms with Crippen molar-refractivity contribution in [3.05, 3.63) is 65.5 Å². The molecule has 6 nitrogen and oxygen atoms in total. The van der Waals surface area contributed by atoms with E-state index >= 15 is 0 Å². The van der Waals surface area contributed by atoms with E-state index in [1.165, 1.54) is 37.3 Å². The third kappa shape index (κ3) is 5.42. The van der Waals surface area contributed by atoms with Gasteiger partial charge in [-0.15, -0.1) is 0 Å². The number of anilines is 1. The van der Waals surface area contributed by atoms with E-state index in [1.54, 1.807) is 18.2 Å². The molecule has 2 rings (SSSR count). The monoisotopic (exact) mass is 344 g/mol. The van der Waals surface area contributed by atoms with Gasteiger partial charge in [0.05, 0.1) is 0 Å². The van der Waals surface area contributed by atoms with Crippen LogP contribution in [0.15, 0.2) is 48.5 Å². The number of carboxylic acid groups (broad SMARTS) is 1. The molecule has 0 unspecified atom stereocenters. The van der Waals surface area contributed by atoms with E-state index in [4.69, 9.17) is 0 Å². The van der Waals surface area contributed by atoms with Crippen LogP contribution < -0.4 is 10.6 Å². The zero-order valence-corrected chi connectivity index (χ0v) is 13.5. The van der Waals surface area contributed by atoms with Crippen molar-refractivity contribution in [2.24, 2.45) is 0 Å². The maximum Gasteiger partial charge on any atom is 0.326 e. The predicted molar refractivity (Wildman–Crippen MR) is 89.7 cm³/mol. The average molecular weight is 344 g/mol. The van der Waals surface area contributed by atoms with Gasteiger partial charge in [0.15, 0.2) is 0 Å². The number of amides is 2. The van der Waals surface area contributed by atoms with E-state index in [0.29, 0.717) is 11.3 Å². The summed E-state index contributed by atoms with van der Waals surface area (Å²) in [6.07, 6.45) is -0.0514. The summed E-state index contributed by atoms with van der Waals surface area (Å²) in [7, 11) is 0. The zero-order valence-electron chi connectivity index (χ0n) is 13.5. The Bertz CT molecular complexity index is 807. The van der Waals surface area contributed by atoms with Crippen LogP contribution in [0.2, 0.25) is 0 Å². The van der Waals surface area contributed by atoms with E-state index in [0.717, 1.165) is 0 Å². The number of halogens is 1. The molecule has 0 radical (unpaired) electrons. The molecule has 0 aliphatic carbocycles. The van der Waals surface area contributed by atoms with Crippen LogP contribution in [0, 0.1) is 5.82 Å². The number of benzene rings is 2. The summed E-state index contributed by atoms with van der Waals surface area (Å²) in [6, 6.07) is 10.5. The number of hydrogen-bond donors (Lipinski definition) is 3. The highest BCUT2D eigenvalue weighted by Gasteiger charge is 2.21. The summed E-state index contributed by atoms with van der Waals surface area (Å²) in [5.41, 5.74) is 1.09. The van der Waals surface area contributed by atoms with Crippen LogP contribution in [0.1, 0.15) is 22.8 Å². The normalized spacial score (nSPS) is 11.4. The molecule has 0 bridgehead atoms. The fraction of sp³-hybridized carbons (Fsp3) is 0.167. The SMILES string of the molecule is CC(=O)Nc1cccc(C(=O)N[C@@H](Cc2cccc(F)c2)C(=O)O)c1. The quantitative estimate of drug-likeness (QED) is 0.749. The minimum absolute atomic E-state index is 0.0514. The van der Waals surface area contributed by atoms with Gasteiger partial charge in [-0.25, -0.2) is 9.18 Å². The highest BCUT2D eigenvalue weighted by atomic mass is 19.1. The number of nitrogens with one attached hydrogen (secondary N) is 2. The lowest BCUT2D eigenvalue weighted by molar-refractivity contribution is -0.139. The van der Waals surface area contributed by atoms with Crippen molar-refractivity contribution in [1.29, 1.82) is 0 Å². The lowest BCUT2D eigenvalue weighted by Crippen LogP contribution is -2.42. The Morgan fingerprint density at radius 2 is 1.84 bits per heavy atom. The number of aliphatic carboxylic acids is 1. The van der Waals surface area contributed by atoms with Gasteiger partial charge in [0.2, 0.25) is 5.91 Å². The minimum atomic E-state index is -1.23. The van der Waals surface area contributed by atoms with Gasteiger partial charge in [-0.3, -0.25) is 9.59 Å². The number of hydrogen-bond acceptors (Lipinski definition) is 3. The van der Waals surface area contributed by atoms with Crippen LogP contribution in [0.5, 0.6) is 0 Å². The molecule has 0 saturated heterocycles. The predicted octanol–water partition coefficient (Wildman–Crippen LogP) is 2.21. The molecule has 0 aliphatic heterocycles. The largest absolute Gasteiger partial charge is 0.480 e. The van der Waals surface area contributed by atoms with E-state index in [9.17, 15) is 23.9 Å². The molecule has 1 atom stereocenters. The fourth-order valence-electron chi connectivity index (χ4n) is 2.28. The Hall–Kier alpha value is -3.22. The molecule has 2 aromatic rings. The van der Waals surface area contributed by atoms with Gasteiger partial charge in [-0.2, -0.15) is 0 Å². The number of carbonyl (C=O) groups excluding carboxylic acids is 2. The molecule has 0 saturated carbocycles. The lowest BCUT2D eigenvalue weighted by atomic mass is 10.1. The van der Waals surface area contributed by atoms with E-state index < -0.39 is 23.7 Å². The highest BCUT2D eigenvalue weighted by molar-refractivity contribution is 5.98. The number of carboxylic acids is 1. The highest BCUT2D eigenvalue weighted by Crippen LogP contribution is 2.12. The Morgan fingerprint density at radius 1 is 1.12 bits per heavy atom. The first-order chi connectivity index (χ1) is 11.8. The first kappa shape index (κ1) is 18.1. The Morgan fingerprint density at radius 3 is 2.48 bits per heavy atom. The molecule has 0 spiro atoms. The van der Waals surface area contributed by atoms with Gasteiger partial charge in [0, 0.05) is 24.6 Å². The van der Waals surface area contributed by atoms with Gasteiger partial charge in [0.1, 0.15) is 11.9 Å². The molecule has 3 N–H and O–H groups in total. The minimum Gasteiger partial charge on any atom is -0.480 e. The van der Waals surface area contributed by atoms with Gasteiger partial charge in [-0.1, -0.05) is 18.2 Å². The Kier molecular flexibility index (Phi) is 5.84. The third-order valence-electron chi connectivity index (χ3n) is 3.38. The molecule has 130 valence electrons. The van der Waals surface area contributed by atoms with Crippen LogP contribution in [0.4, 0.5) is 10.1 Å². The molecule has 2 aromatic carbocycles. The third-order valence-corrected chi connectivity index (χ3v) is 3.38. The molecule has 7 heteroatoms. The van der Waals surface area contributed by atoms with Crippen LogP contribution in [0.25, 0.3) is 0 Å². The average Bonchev–Trinajstić information content (AvgIpc) is 2.53. The van der Waals surface area contributed by atoms with Crippen LogP contribution in [-0.2, 0) is 16.0 Å². The van der Waals surface area contributed by atoms with Gasteiger partial charge >= 0.3 is 5.97 Å². The summed E-state index contributed by atoms with van der Waals surface area (Å²) < 4.78 is 13.2. The zero-order chi connectivity index (χ0) is 18.4. The van der Waals surface area contributed by atoms with Gasteiger partial charge in [-0.05, 0) is 35.9 Å². The van der Waals surface area contributed by atoms with E-state index in [1.807, 2.05) is 0 Å². The van der Waals surface area contributed by atoms with Crippen molar-refractivity contribution in [3.8, 4) is 0 Å². The van der Waals surface area contributed by atoms with E-state index in [-0.39, 0.29) is 17.9 Å². The molecule has 0 aromatic heterocycles. The number of rotatable bonds is 6. The fourth-order valence-corrected chi connectivity index (χ4v) is 2.28. The standard InChI is InChI=1S/C18H17FN2O4/c1-11(22)20-15-7-3-5-13(10-15)17(23)21-16(18(24)25)9-12-4-2-6-14(19)8-12/h2-8,10,16H,9H2,1H3,(H,20,22)(H,21,23)(H,24,25)/t16-/m0/s1. The van der Waals surface area contributed by atoms with Crippen molar-refractivity contribution in [2.75, 3.05) is 5.32 Å². The van der Waals surface area contributed by atoms with E-state index in [2.05, 4.69) is 10.6 Å². The summed E-state index contributed by atoms with van der Waals surface area (Å²) >= 11 is 0. The second-order valence-corrected chi connectivity index (χ2v) is 5.46. The second kappa shape index (κ2) is 8.05.